The van der Waals surface area contributed by atoms with Crippen molar-refractivity contribution in [2.24, 2.45) is 0 Å². The van der Waals surface area contributed by atoms with Crippen LogP contribution in [0, 0.1) is 12.3 Å². The molecule has 0 spiro atoms. The first-order chi connectivity index (χ1) is 7.47. The molecule has 0 saturated carbocycles. The fraction of sp³-hybridized carbons (Fsp3) is 0.385. The van der Waals surface area contributed by atoms with Gasteiger partial charge in [-0.15, -0.1) is 6.42 Å². The zero-order valence-corrected chi connectivity index (χ0v) is 8.70. The van der Waals surface area contributed by atoms with Gasteiger partial charge in [-0.25, -0.2) is 0 Å². The lowest BCUT2D eigenvalue weighted by molar-refractivity contribution is 0.287. The van der Waals surface area contributed by atoms with Gasteiger partial charge in [0.1, 0.15) is 0 Å². The van der Waals surface area contributed by atoms with Crippen molar-refractivity contribution in [1.29, 1.82) is 0 Å². The van der Waals surface area contributed by atoms with Gasteiger partial charge in [-0.05, 0) is 26.0 Å². The number of hydrogen-bond acceptors (Lipinski definition) is 1. The summed E-state index contributed by atoms with van der Waals surface area (Å²) < 4.78 is 15.3. The molecule has 1 aromatic rings. The van der Waals surface area contributed by atoms with Crippen molar-refractivity contribution >= 4 is 0 Å². The molecule has 0 radical (unpaired) electrons. The Morgan fingerprint density at radius 3 is 2.71 bits per heavy atom. The number of terminal acetylenes is 1. The zero-order valence-electron chi connectivity index (χ0n) is 10.7. The Balaban J connectivity index is 2.67. The summed E-state index contributed by atoms with van der Waals surface area (Å²) in [6, 6.07) is 10.1. The molecule has 0 amide bonds. The molecule has 1 atom stereocenters. The van der Waals surface area contributed by atoms with Gasteiger partial charge in [-0.1, -0.05) is 36.3 Å². The van der Waals surface area contributed by atoms with E-state index in [1.807, 2.05) is 37.3 Å². The number of hydrogen-bond donors (Lipinski definition) is 0. The highest BCUT2D eigenvalue weighted by molar-refractivity contribution is 5.15. The number of rotatable bonds is 4. The smallest absolute Gasteiger partial charge is 0.0598 e. The molecule has 14 heavy (non-hydrogen) atoms. The molecule has 0 aromatic heterocycles. The lowest BCUT2D eigenvalue weighted by Crippen LogP contribution is -2.31. The van der Waals surface area contributed by atoms with Crippen molar-refractivity contribution in [3.63, 3.8) is 0 Å². The Morgan fingerprint density at radius 2 is 2.14 bits per heavy atom. The first-order valence-electron chi connectivity index (χ1n) is 5.72. The second kappa shape index (κ2) is 5.47. The summed E-state index contributed by atoms with van der Waals surface area (Å²) in [4.78, 5) is 1.58. The number of nitrogens with zero attached hydrogens (tertiary/aromatic N) is 1. The second-order valence-electron chi connectivity index (χ2n) is 3.41. The van der Waals surface area contributed by atoms with E-state index in [9.17, 15) is 0 Å². The molecule has 1 nitrogen and oxygen atoms in total. The summed E-state index contributed by atoms with van der Waals surface area (Å²) in [6.45, 7) is 0.288. The van der Waals surface area contributed by atoms with E-state index in [1.54, 1.807) is 11.9 Å². The predicted molar refractivity (Wildman–Crippen MR) is 61.1 cm³/mol. The van der Waals surface area contributed by atoms with Crippen LogP contribution >= 0.6 is 0 Å². The average Bonchev–Trinajstić information content (AvgIpc) is 2.29. The van der Waals surface area contributed by atoms with Crippen LogP contribution in [0.4, 0.5) is 0 Å². The van der Waals surface area contributed by atoms with Gasteiger partial charge >= 0.3 is 0 Å². The molecule has 0 bridgehead atoms. The Kier molecular flexibility index (Phi) is 3.16. The molecule has 0 aliphatic heterocycles. The van der Waals surface area contributed by atoms with Crippen LogP contribution in [0.2, 0.25) is 0 Å². The first-order valence-corrected chi connectivity index (χ1v) is 4.72. The van der Waals surface area contributed by atoms with Crippen LogP contribution in [-0.2, 0) is 6.42 Å². The molecule has 0 aliphatic carbocycles. The van der Waals surface area contributed by atoms with Gasteiger partial charge < -0.3 is 0 Å². The van der Waals surface area contributed by atoms with Crippen molar-refractivity contribution in [3.8, 4) is 12.3 Å². The minimum atomic E-state index is -1.69. The van der Waals surface area contributed by atoms with Crippen molar-refractivity contribution in [2.45, 2.75) is 19.4 Å². The van der Waals surface area contributed by atoms with E-state index < -0.39 is 6.50 Å². The molecule has 0 unspecified atom stereocenters. The van der Waals surface area contributed by atoms with Crippen molar-refractivity contribution in [3.05, 3.63) is 35.9 Å². The molecule has 0 N–H and O–H groups in total. The van der Waals surface area contributed by atoms with Crippen LogP contribution < -0.4 is 0 Å². The topological polar surface area (TPSA) is 3.24 Å². The zero-order chi connectivity index (χ0) is 12.2. The quantitative estimate of drug-likeness (QED) is 0.656. The highest BCUT2D eigenvalue weighted by atomic mass is 15.1. The van der Waals surface area contributed by atoms with Crippen LogP contribution in [0.25, 0.3) is 0 Å². The third-order valence-corrected chi connectivity index (χ3v) is 2.28. The van der Waals surface area contributed by atoms with E-state index in [0.29, 0.717) is 0 Å². The maximum Gasteiger partial charge on any atom is 0.0598 e. The van der Waals surface area contributed by atoms with Gasteiger partial charge in [0.05, 0.1) is 9.24 Å². The van der Waals surface area contributed by atoms with Crippen molar-refractivity contribution in [1.82, 2.24) is 4.90 Å². The van der Waals surface area contributed by atoms with Crippen LogP contribution in [0.3, 0.4) is 0 Å². The van der Waals surface area contributed by atoms with Gasteiger partial charge in [0, 0.05) is 6.04 Å². The molecule has 0 heterocycles. The van der Waals surface area contributed by atoms with Crippen LogP contribution in [0.15, 0.2) is 30.3 Å². The Morgan fingerprint density at radius 1 is 1.50 bits per heavy atom. The van der Waals surface area contributed by atoms with Crippen LogP contribution in [0.1, 0.15) is 15.2 Å². The van der Waals surface area contributed by atoms with E-state index in [1.165, 1.54) is 5.56 Å². The van der Waals surface area contributed by atoms with Crippen molar-refractivity contribution < 1.29 is 2.74 Å². The van der Waals surface area contributed by atoms with E-state index in [-0.39, 0.29) is 6.04 Å². The maximum atomic E-state index is 7.63. The monoisotopic (exact) mass is 189 g/mol. The Hall–Kier alpha value is -1.26. The fourth-order valence-electron chi connectivity index (χ4n) is 1.30. The van der Waals surface area contributed by atoms with Gasteiger partial charge in [0.25, 0.3) is 0 Å². The molecule has 0 saturated heterocycles. The van der Waals surface area contributed by atoms with Crippen LogP contribution in [0.5, 0.6) is 0 Å². The van der Waals surface area contributed by atoms with Gasteiger partial charge in [0.15, 0.2) is 0 Å². The molecule has 74 valence electrons. The molecule has 1 aromatic carbocycles. The number of benzene rings is 1. The summed E-state index contributed by atoms with van der Waals surface area (Å²) in [5, 5.41) is 0. The molecular weight excluding hydrogens is 170 g/mol. The SMILES string of the molecule is [2H]C([2H])(C#C)N(C)[C@H](C)Cc1ccccc1. The third kappa shape index (κ3) is 3.24. The van der Waals surface area contributed by atoms with E-state index in [0.717, 1.165) is 6.42 Å². The minimum absolute atomic E-state index is 0.0634. The Bertz CT molecular complexity index is 367. The summed E-state index contributed by atoms with van der Waals surface area (Å²) in [7, 11) is 1.72. The molecular formula is C13H17N. The first kappa shape index (κ1) is 8.08. The van der Waals surface area contributed by atoms with Crippen LogP contribution in [-0.4, -0.2) is 24.5 Å². The average molecular weight is 189 g/mol. The largest absolute Gasteiger partial charge is 0.292 e. The summed E-state index contributed by atoms with van der Waals surface area (Å²) >= 11 is 0. The fourth-order valence-corrected chi connectivity index (χ4v) is 1.30. The van der Waals surface area contributed by atoms with Crippen molar-refractivity contribution in [2.75, 3.05) is 13.5 Å². The van der Waals surface area contributed by atoms with Gasteiger partial charge in [-0.2, -0.15) is 0 Å². The lowest BCUT2D eigenvalue weighted by Gasteiger charge is -2.22. The predicted octanol–water partition coefficient (Wildman–Crippen LogP) is 2.18. The molecule has 0 fully saturated rings. The highest BCUT2D eigenvalue weighted by Gasteiger charge is 2.07. The normalized spacial score (nSPS) is 15.6. The summed E-state index contributed by atoms with van der Waals surface area (Å²) in [5.41, 5.74) is 1.19. The molecule has 1 heteroatoms. The lowest BCUT2D eigenvalue weighted by atomic mass is 10.1. The molecule has 1 rings (SSSR count). The van der Waals surface area contributed by atoms with Gasteiger partial charge in [-0.3, -0.25) is 4.90 Å². The van der Waals surface area contributed by atoms with E-state index >= 15 is 0 Å². The second-order valence-corrected chi connectivity index (χ2v) is 3.41. The van der Waals surface area contributed by atoms with E-state index in [4.69, 9.17) is 9.16 Å². The standard InChI is InChI=1S/C13H17N/c1-4-10-14(3)12(2)11-13-8-6-5-7-9-13/h1,5-9,12H,10-11H2,2-3H3/t12-/m1/s1/i10D2. The highest BCUT2D eigenvalue weighted by Crippen LogP contribution is 2.06. The van der Waals surface area contributed by atoms with E-state index in [2.05, 4.69) is 5.92 Å². The maximum absolute atomic E-state index is 7.63. The summed E-state index contributed by atoms with van der Waals surface area (Å²) in [5.74, 6) is 2.17. The van der Waals surface area contributed by atoms with Gasteiger partial charge in [0.2, 0.25) is 0 Å². The molecule has 0 aliphatic rings. The number of likely N-dealkylation sites (N-methyl/N-ethyl adjacent to an activating group) is 1. The summed E-state index contributed by atoms with van der Waals surface area (Å²) in [6.07, 6.45) is 5.96. The third-order valence-electron chi connectivity index (χ3n) is 2.28. The minimum Gasteiger partial charge on any atom is -0.292 e. The Labute approximate surface area is 89.6 Å².